The molecule has 0 spiro atoms. The van der Waals surface area contributed by atoms with E-state index in [2.05, 4.69) is 27.8 Å². The molecule has 0 aliphatic heterocycles. The number of carboxylic acids is 1. The Morgan fingerprint density at radius 3 is 2.62 bits per heavy atom. The molecule has 6 rings (SSSR count). The van der Waals surface area contributed by atoms with Crippen LogP contribution in [0.1, 0.15) is 51.2 Å². The van der Waals surface area contributed by atoms with Crippen LogP contribution in [0.4, 0.5) is 0 Å². The average Bonchev–Trinajstić information content (AvgIpc) is 3.58. The van der Waals surface area contributed by atoms with Gasteiger partial charge in [-0.15, -0.1) is 5.10 Å². The number of aliphatic carboxylic acids is 1. The van der Waals surface area contributed by atoms with E-state index in [0.29, 0.717) is 37.9 Å². The highest BCUT2D eigenvalue weighted by Gasteiger charge is 2.27. The molecule has 2 unspecified atom stereocenters. The van der Waals surface area contributed by atoms with Crippen molar-refractivity contribution in [3.05, 3.63) is 116 Å². The number of hydrogen-bond donors (Lipinski definition) is 2. The zero-order valence-electron chi connectivity index (χ0n) is 22.1. The fraction of sp³-hybridized carbons (Fsp3) is 0.161. The lowest BCUT2D eigenvalue weighted by Crippen LogP contribution is -2.27. The van der Waals surface area contributed by atoms with E-state index >= 15 is 0 Å². The van der Waals surface area contributed by atoms with Crippen LogP contribution in [0.2, 0.25) is 15.1 Å². The molecular formula is C31H23Cl3N4O4. The summed E-state index contributed by atoms with van der Waals surface area (Å²) in [7, 11) is 0. The molecule has 8 nitrogen and oxygen atoms in total. The maximum absolute atomic E-state index is 13.3. The van der Waals surface area contributed by atoms with Crippen molar-refractivity contribution in [1.29, 1.82) is 0 Å². The number of carbonyl (C=O) groups excluding carboxylic acids is 1. The SMILES string of the molecule is Cc1c(C(=O)NC2CCc3ccccc32)ccc2c1nnn2-c1cc(OC(C(=O)O)c2ccc(Cl)cc2Cl)ccc1Cl. The van der Waals surface area contributed by atoms with Crippen molar-refractivity contribution in [2.75, 3.05) is 0 Å². The van der Waals surface area contributed by atoms with Gasteiger partial charge in [0, 0.05) is 27.2 Å². The quantitative estimate of drug-likeness (QED) is 0.197. The van der Waals surface area contributed by atoms with Gasteiger partial charge in [-0.25, -0.2) is 9.48 Å². The van der Waals surface area contributed by atoms with E-state index in [0.717, 1.165) is 18.4 Å². The number of fused-ring (bicyclic) bond motifs is 2. The lowest BCUT2D eigenvalue weighted by molar-refractivity contribution is -0.145. The van der Waals surface area contributed by atoms with Gasteiger partial charge in [0.15, 0.2) is 0 Å². The highest BCUT2D eigenvalue weighted by Crippen LogP contribution is 2.35. The molecule has 1 aromatic heterocycles. The molecule has 212 valence electrons. The lowest BCUT2D eigenvalue weighted by atomic mass is 10.0. The summed E-state index contributed by atoms with van der Waals surface area (Å²) < 4.78 is 7.38. The van der Waals surface area contributed by atoms with Crippen LogP contribution < -0.4 is 10.1 Å². The second kappa shape index (κ2) is 11.3. The molecule has 0 saturated heterocycles. The number of carboxylic acid groups (broad SMARTS) is 1. The van der Waals surface area contributed by atoms with Crippen LogP contribution in [-0.2, 0) is 11.2 Å². The van der Waals surface area contributed by atoms with Gasteiger partial charge < -0.3 is 15.2 Å². The van der Waals surface area contributed by atoms with Gasteiger partial charge in [0.25, 0.3) is 5.91 Å². The largest absolute Gasteiger partial charge is 0.478 e. The van der Waals surface area contributed by atoms with Crippen molar-refractivity contribution in [1.82, 2.24) is 20.3 Å². The number of nitrogens with one attached hydrogen (secondary N) is 1. The number of carbonyl (C=O) groups is 2. The Balaban J connectivity index is 1.29. The molecule has 0 radical (unpaired) electrons. The first-order chi connectivity index (χ1) is 20.2. The Morgan fingerprint density at radius 1 is 1.02 bits per heavy atom. The first-order valence-corrected chi connectivity index (χ1v) is 14.2. The smallest absolute Gasteiger partial charge is 0.349 e. The molecule has 1 aliphatic rings. The molecule has 2 atom stereocenters. The number of halogens is 3. The van der Waals surface area contributed by atoms with Gasteiger partial charge in [0.2, 0.25) is 6.10 Å². The molecule has 5 aromatic rings. The summed E-state index contributed by atoms with van der Waals surface area (Å²) in [5, 5.41) is 22.6. The predicted octanol–water partition coefficient (Wildman–Crippen LogP) is 7.31. The Labute approximate surface area is 255 Å². The number of aromatic nitrogens is 3. The number of nitrogens with zero attached hydrogens (tertiary/aromatic N) is 3. The minimum absolute atomic E-state index is 0.0431. The van der Waals surface area contributed by atoms with Crippen molar-refractivity contribution in [3.8, 4) is 11.4 Å². The third-order valence-corrected chi connectivity index (χ3v) is 8.31. The van der Waals surface area contributed by atoms with Gasteiger partial charge in [-0.3, -0.25) is 4.79 Å². The predicted molar refractivity (Wildman–Crippen MR) is 161 cm³/mol. The van der Waals surface area contributed by atoms with Gasteiger partial charge in [-0.2, -0.15) is 0 Å². The zero-order valence-corrected chi connectivity index (χ0v) is 24.4. The molecule has 0 saturated carbocycles. The molecular weight excluding hydrogens is 599 g/mol. The number of aryl methyl sites for hydroxylation is 2. The van der Waals surface area contributed by atoms with Crippen molar-refractivity contribution >= 4 is 57.7 Å². The third-order valence-electron chi connectivity index (χ3n) is 7.42. The number of benzene rings is 4. The Hall–Kier alpha value is -4.11. The Kier molecular flexibility index (Phi) is 7.53. The normalized spacial score (nSPS) is 14.9. The molecule has 4 aromatic carbocycles. The maximum Gasteiger partial charge on any atom is 0.349 e. The van der Waals surface area contributed by atoms with E-state index in [1.807, 2.05) is 19.1 Å². The molecule has 42 heavy (non-hydrogen) atoms. The van der Waals surface area contributed by atoms with Crippen molar-refractivity contribution in [2.45, 2.75) is 31.9 Å². The van der Waals surface area contributed by atoms with E-state index in [1.54, 1.807) is 36.4 Å². The summed E-state index contributed by atoms with van der Waals surface area (Å²) in [6, 6.07) is 20.8. The van der Waals surface area contributed by atoms with E-state index < -0.39 is 12.1 Å². The van der Waals surface area contributed by atoms with Gasteiger partial charge >= 0.3 is 5.97 Å². The second-order valence-corrected chi connectivity index (χ2v) is 11.2. The first kappa shape index (κ1) is 28.0. The molecule has 1 aliphatic carbocycles. The topological polar surface area (TPSA) is 106 Å². The molecule has 1 heterocycles. The van der Waals surface area contributed by atoms with Crippen molar-refractivity contribution in [3.63, 3.8) is 0 Å². The van der Waals surface area contributed by atoms with Gasteiger partial charge in [-0.1, -0.05) is 70.3 Å². The number of ether oxygens (including phenoxy) is 1. The van der Waals surface area contributed by atoms with E-state index in [4.69, 9.17) is 39.5 Å². The van der Waals surface area contributed by atoms with Crippen molar-refractivity contribution < 1.29 is 19.4 Å². The summed E-state index contributed by atoms with van der Waals surface area (Å²) in [6.07, 6.45) is 0.384. The molecule has 0 bridgehead atoms. The maximum atomic E-state index is 13.3. The summed E-state index contributed by atoms with van der Waals surface area (Å²) in [6.45, 7) is 1.83. The van der Waals surface area contributed by atoms with Gasteiger partial charge in [-0.05, 0) is 72.9 Å². The fourth-order valence-electron chi connectivity index (χ4n) is 5.31. The highest BCUT2D eigenvalue weighted by molar-refractivity contribution is 6.35. The molecule has 11 heteroatoms. The lowest BCUT2D eigenvalue weighted by Gasteiger charge is -2.18. The van der Waals surface area contributed by atoms with E-state index in [1.165, 1.54) is 22.4 Å². The minimum atomic E-state index is -1.40. The highest BCUT2D eigenvalue weighted by atomic mass is 35.5. The number of hydrogen-bond acceptors (Lipinski definition) is 5. The number of rotatable bonds is 7. The summed E-state index contributed by atoms with van der Waals surface area (Å²) in [5.41, 5.74) is 5.40. The Morgan fingerprint density at radius 2 is 1.83 bits per heavy atom. The third kappa shape index (κ3) is 5.17. The van der Waals surface area contributed by atoms with Crippen LogP contribution in [0.15, 0.2) is 72.8 Å². The van der Waals surface area contributed by atoms with Crippen LogP contribution in [0, 0.1) is 6.92 Å². The molecule has 1 amide bonds. The van der Waals surface area contributed by atoms with Gasteiger partial charge in [0.1, 0.15) is 11.3 Å². The second-order valence-electron chi connectivity index (χ2n) is 9.99. The standard InChI is InChI=1S/C31H23Cl3N4O4/c1-16-20(30(39)35-25-12-6-17-4-2-3-5-21(17)25)10-13-26-28(16)36-37-38(26)27-15-19(8-11-23(27)33)42-29(31(40)41)22-9-7-18(32)14-24(22)34/h2-5,7-11,13-15,25,29H,6,12H2,1H3,(H,35,39)(H,40,41). The summed E-state index contributed by atoms with van der Waals surface area (Å²) >= 11 is 18.8. The van der Waals surface area contributed by atoms with Crippen LogP contribution >= 0.6 is 34.8 Å². The summed E-state index contributed by atoms with van der Waals surface area (Å²) in [5.74, 6) is -1.19. The number of amides is 1. The van der Waals surface area contributed by atoms with Gasteiger partial charge in [0.05, 0.1) is 22.3 Å². The first-order valence-electron chi connectivity index (χ1n) is 13.1. The van der Waals surface area contributed by atoms with E-state index in [9.17, 15) is 14.7 Å². The van der Waals surface area contributed by atoms with E-state index in [-0.39, 0.29) is 28.3 Å². The fourth-order valence-corrected chi connectivity index (χ4v) is 6.02. The zero-order chi connectivity index (χ0) is 29.5. The minimum Gasteiger partial charge on any atom is -0.478 e. The molecule has 2 N–H and O–H groups in total. The van der Waals surface area contributed by atoms with Crippen molar-refractivity contribution in [2.24, 2.45) is 0 Å². The van der Waals surface area contributed by atoms with Crippen LogP contribution in [0.3, 0.4) is 0 Å². The molecule has 0 fully saturated rings. The van der Waals surface area contributed by atoms with Crippen LogP contribution in [0.5, 0.6) is 5.75 Å². The average molecular weight is 622 g/mol. The van der Waals surface area contributed by atoms with Crippen LogP contribution in [0.25, 0.3) is 16.7 Å². The monoisotopic (exact) mass is 620 g/mol. The van der Waals surface area contributed by atoms with Crippen LogP contribution in [-0.4, -0.2) is 32.0 Å². The summed E-state index contributed by atoms with van der Waals surface area (Å²) in [4.78, 5) is 25.4. The Bertz CT molecular complexity index is 1870.